The number of hydrogen-bond acceptors (Lipinski definition) is 4. The van der Waals surface area contributed by atoms with E-state index in [1.54, 1.807) is 12.3 Å². The van der Waals surface area contributed by atoms with E-state index in [-0.39, 0.29) is 0 Å². The second-order valence-electron chi connectivity index (χ2n) is 3.31. The minimum Gasteiger partial charge on any atom is -0.248 e. The summed E-state index contributed by atoms with van der Waals surface area (Å²) in [5.74, 6) is 0. The van der Waals surface area contributed by atoms with Crippen molar-refractivity contribution in [1.29, 1.82) is 5.26 Å². The van der Waals surface area contributed by atoms with Gasteiger partial charge in [0.05, 0.1) is 10.0 Å². The molecule has 0 aliphatic rings. The van der Waals surface area contributed by atoms with Crippen LogP contribution in [0.5, 0.6) is 0 Å². The summed E-state index contributed by atoms with van der Waals surface area (Å²) in [6.07, 6.45) is 1.72. The predicted octanol–water partition coefficient (Wildman–Crippen LogP) is 3.57. The van der Waals surface area contributed by atoms with E-state index in [0.29, 0.717) is 10.6 Å². The van der Waals surface area contributed by atoms with E-state index in [9.17, 15) is 0 Å². The smallest absolute Gasteiger partial charge is 0.120 e. The Balaban J connectivity index is 2.40. The van der Waals surface area contributed by atoms with Crippen molar-refractivity contribution in [3.63, 3.8) is 0 Å². The number of aryl methyl sites for hydroxylation is 1. The molecule has 17 heavy (non-hydrogen) atoms. The van der Waals surface area contributed by atoms with Gasteiger partial charge in [-0.1, -0.05) is 0 Å². The fraction of sp³-hybridized carbons (Fsp3) is 0.0833. The fourth-order valence-corrected chi connectivity index (χ4v) is 2.61. The third kappa shape index (κ3) is 2.84. The molecule has 0 amide bonds. The Morgan fingerprint density at radius 3 is 2.82 bits per heavy atom. The molecule has 3 nitrogen and oxygen atoms in total. The average molecular weight is 306 g/mol. The highest BCUT2D eigenvalue weighted by Crippen LogP contribution is 2.32. The van der Waals surface area contributed by atoms with Gasteiger partial charge in [-0.2, -0.15) is 5.26 Å². The van der Waals surface area contributed by atoms with Gasteiger partial charge in [0.1, 0.15) is 16.1 Å². The van der Waals surface area contributed by atoms with Gasteiger partial charge in [0.15, 0.2) is 0 Å². The van der Waals surface area contributed by atoms with Gasteiger partial charge >= 0.3 is 0 Å². The minimum atomic E-state index is 0.568. The number of aromatic nitrogens is 2. The number of nitriles is 1. The molecule has 0 aliphatic heterocycles. The van der Waals surface area contributed by atoms with E-state index in [1.165, 1.54) is 11.8 Å². The maximum Gasteiger partial charge on any atom is 0.120 e. The van der Waals surface area contributed by atoms with Crippen LogP contribution in [0.1, 0.15) is 11.3 Å². The first-order chi connectivity index (χ1) is 8.20. The molecular weight excluding hydrogens is 298 g/mol. The van der Waals surface area contributed by atoms with Crippen molar-refractivity contribution in [2.75, 3.05) is 0 Å². The van der Waals surface area contributed by atoms with Crippen molar-refractivity contribution in [3.8, 4) is 6.07 Å². The molecule has 0 fully saturated rings. The first-order valence-electron chi connectivity index (χ1n) is 4.87. The van der Waals surface area contributed by atoms with E-state index in [2.05, 4.69) is 32.0 Å². The van der Waals surface area contributed by atoms with Crippen LogP contribution in [0.2, 0.25) is 0 Å². The second kappa shape index (κ2) is 5.30. The zero-order valence-electron chi connectivity index (χ0n) is 9.01. The SMILES string of the molecule is Cc1ccc(C#N)c(Sc2ncccc2Br)n1. The second-order valence-corrected chi connectivity index (χ2v) is 5.14. The van der Waals surface area contributed by atoms with Crippen molar-refractivity contribution in [1.82, 2.24) is 9.97 Å². The highest BCUT2D eigenvalue weighted by molar-refractivity contribution is 9.10. The third-order valence-corrected chi connectivity index (χ3v) is 3.96. The van der Waals surface area contributed by atoms with Crippen LogP contribution in [0, 0.1) is 18.3 Å². The lowest BCUT2D eigenvalue weighted by molar-refractivity contribution is 1.03. The molecule has 0 saturated carbocycles. The molecule has 2 rings (SSSR count). The third-order valence-electron chi connectivity index (χ3n) is 2.04. The van der Waals surface area contributed by atoms with Crippen LogP contribution in [0.25, 0.3) is 0 Å². The summed E-state index contributed by atoms with van der Waals surface area (Å²) >= 11 is 4.81. The normalized spacial score (nSPS) is 9.94. The van der Waals surface area contributed by atoms with Gasteiger partial charge in [0.2, 0.25) is 0 Å². The molecule has 2 aromatic rings. The molecule has 0 spiro atoms. The lowest BCUT2D eigenvalue weighted by Crippen LogP contribution is -1.90. The molecule has 2 aromatic heterocycles. The van der Waals surface area contributed by atoms with Gasteiger partial charge in [-0.3, -0.25) is 0 Å². The first-order valence-corrected chi connectivity index (χ1v) is 6.48. The Labute approximate surface area is 112 Å². The highest BCUT2D eigenvalue weighted by atomic mass is 79.9. The molecule has 5 heteroatoms. The molecule has 0 unspecified atom stereocenters. The molecule has 0 aliphatic carbocycles. The van der Waals surface area contributed by atoms with Crippen molar-refractivity contribution in [2.45, 2.75) is 17.0 Å². The molecule has 0 bridgehead atoms. The Bertz CT molecular complexity index is 593. The first kappa shape index (κ1) is 12.1. The van der Waals surface area contributed by atoms with Crippen LogP contribution in [0.15, 0.2) is 45.0 Å². The van der Waals surface area contributed by atoms with Crippen molar-refractivity contribution in [3.05, 3.63) is 46.2 Å². The van der Waals surface area contributed by atoms with E-state index < -0.39 is 0 Å². The Kier molecular flexibility index (Phi) is 3.77. The standard InChI is InChI=1S/C12H8BrN3S/c1-8-4-5-9(7-14)11(16-8)17-12-10(13)3-2-6-15-12/h2-6H,1H3. The van der Waals surface area contributed by atoms with Crippen LogP contribution in [0.4, 0.5) is 0 Å². The van der Waals surface area contributed by atoms with Gasteiger partial charge in [-0.25, -0.2) is 9.97 Å². The maximum atomic E-state index is 9.02. The zero-order valence-corrected chi connectivity index (χ0v) is 11.4. The minimum absolute atomic E-state index is 0.568. The Morgan fingerprint density at radius 2 is 2.12 bits per heavy atom. The maximum absolute atomic E-state index is 9.02. The van der Waals surface area contributed by atoms with Gasteiger partial charge in [0.25, 0.3) is 0 Å². The van der Waals surface area contributed by atoms with E-state index in [0.717, 1.165) is 15.2 Å². The number of pyridine rings is 2. The van der Waals surface area contributed by atoms with Crippen LogP contribution in [-0.4, -0.2) is 9.97 Å². The summed E-state index contributed by atoms with van der Waals surface area (Å²) in [6, 6.07) is 9.51. The fourth-order valence-electron chi connectivity index (χ4n) is 1.23. The van der Waals surface area contributed by atoms with E-state index >= 15 is 0 Å². The molecule has 0 atom stereocenters. The highest BCUT2D eigenvalue weighted by Gasteiger charge is 2.09. The van der Waals surface area contributed by atoms with Gasteiger partial charge < -0.3 is 0 Å². The number of hydrogen-bond donors (Lipinski definition) is 0. The topological polar surface area (TPSA) is 49.6 Å². The van der Waals surface area contributed by atoms with Gasteiger partial charge in [0, 0.05) is 11.9 Å². The Morgan fingerprint density at radius 1 is 1.29 bits per heavy atom. The molecule has 0 saturated heterocycles. The average Bonchev–Trinajstić information content (AvgIpc) is 2.32. The van der Waals surface area contributed by atoms with Crippen LogP contribution in [0.3, 0.4) is 0 Å². The van der Waals surface area contributed by atoms with Crippen LogP contribution in [-0.2, 0) is 0 Å². The summed E-state index contributed by atoms with van der Waals surface area (Å²) in [5, 5.41) is 10.5. The predicted molar refractivity (Wildman–Crippen MR) is 69.7 cm³/mol. The van der Waals surface area contributed by atoms with Gasteiger partial charge in [-0.05, 0) is 58.9 Å². The van der Waals surface area contributed by atoms with Crippen molar-refractivity contribution >= 4 is 27.7 Å². The summed E-state index contributed by atoms with van der Waals surface area (Å²) in [5.41, 5.74) is 1.46. The summed E-state index contributed by atoms with van der Waals surface area (Å²) < 4.78 is 0.900. The number of halogens is 1. The molecule has 2 heterocycles. The number of rotatable bonds is 2. The largest absolute Gasteiger partial charge is 0.248 e. The van der Waals surface area contributed by atoms with Gasteiger partial charge in [-0.15, -0.1) is 0 Å². The van der Waals surface area contributed by atoms with E-state index in [4.69, 9.17) is 5.26 Å². The molecule has 0 aromatic carbocycles. The Hall–Kier alpha value is -1.38. The van der Waals surface area contributed by atoms with Crippen molar-refractivity contribution in [2.24, 2.45) is 0 Å². The molecule has 84 valence electrons. The zero-order chi connectivity index (χ0) is 12.3. The van der Waals surface area contributed by atoms with E-state index in [1.807, 2.05) is 25.1 Å². The lowest BCUT2D eigenvalue weighted by atomic mass is 10.3. The molecule has 0 radical (unpaired) electrons. The number of nitrogens with zero attached hydrogens (tertiary/aromatic N) is 3. The molecule has 0 N–H and O–H groups in total. The summed E-state index contributed by atoms with van der Waals surface area (Å²) in [6.45, 7) is 1.90. The van der Waals surface area contributed by atoms with Crippen LogP contribution < -0.4 is 0 Å². The van der Waals surface area contributed by atoms with Crippen LogP contribution >= 0.6 is 27.7 Å². The molecular formula is C12H8BrN3S. The van der Waals surface area contributed by atoms with Crippen molar-refractivity contribution < 1.29 is 0 Å². The summed E-state index contributed by atoms with van der Waals surface area (Å²) in [4.78, 5) is 8.61. The summed E-state index contributed by atoms with van der Waals surface area (Å²) in [7, 11) is 0. The quantitative estimate of drug-likeness (QED) is 0.851. The monoisotopic (exact) mass is 305 g/mol. The lowest BCUT2D eigenvalue weighted by Gasteiger charge is -2.04.